The first kappa shape index (κ1) is 14.8. The van der Waals surface area contributed by atoms with E-state index in [1.807, 2.05) is 24.3 Å². The van der Waals surface area contributed by atoms with Crippen molar-refractivity contribution in [1.29, 1.82) is 0 Å². The third-order valence-electron chi connectivity index (χ3n) is 4.22. The second-order valence-electron chi connectivity index (χ2n) is 5.35. The van der Waals surface area contributed by atoms with Crippen LogP contribution in [0.4, 0.5) is 0 Å². The Labute approximate surface area is 127 Å². The molecule has 4 unspecified atom stereocenters. The lowest BCUT2D eigenvalue weighted by Crippen LogP contribution is -2.23. The minimum Gasteiger partial charge on any atom is -0.481 e. The number of aliphatic carboxylic acids is 1. The average Bonchev–Trinajstić information content (AvgIpc) is 2.83. The topological polar surface area (TPSA) is 57.5 Å². The van der Waals surface area contributed by atoms with E-state index in [0.29, 0.717) is 12.3 Å². The van der Waals surface area contributed by atoms with Crippen LogP contribution in [0.5, 0.6) is 0 Å². The minimum absolute atomic E-state index is 0.164. The average molecular weight is 374 g/mol. The highest BCUT2D eigenvalue weighted by molar-refractivity contribution is 14.1. The zero-order chi connectivity index (χ0) is 14.0. The Morgan fingerprint density at radius 2 is 2.00 bits per heavy atom. The van der Waals surface area contributed by atoms with Gasteiger partial charge in [-0.3, -0.25) is 4.79 Å². The Bertz CT molecular complexity index is 443. The van der Waals surface area contributed by atoms with Crippen molar-refractivity contribution in [3.05, 3.63) is 33.4 Å². The normalized spacial score (nSPS) is 28.3. The van der Waals surface area contributed by atoms with Crippen LogP contribution < -0.4 is 0 Å². The summed E-state index contributed by atoms with van der Waals surface area (Å²) in [5.41, 5.74) is 0.827. The Morgan fingerprint density at radius 1 is 1.37 bits per heavy atom. The summed E-state index contributed by atoms with van der Waals surface area (Å²) >= 11 is 2.22. The molecule has 0 aromatic heterocycles. The Kier molecular flexibility index (Phi) is 4.84. The summed E-state index contributed by atoms with van der Waals surface area (Å²) in [6, 6.07) is 7.68. The monoisotopic (exact) mass is 374 g/mol. The molecule has 1 aromatic rings. The lowest BCUT2D eigenvalue weighted by molar-refractivity contribution is -0.144. The first-order valence-electron chi connectivity index (χ1n) is 6.69. The second-order valence-corrected chi connectivity index (χ2v) is 6.60. The van der Waals surface area contributed by atoms with E-state index in [-0.39, 0.29) is 5.92 Å². The number of aliphatic hydroxyl groups is 1. The van der Waals surface area contributed by atoms with E-state index < -0.39 is 18.0 Å². The number of carbonyl (C=O) groups is 1. The largest absolute Gasteiger partial charge is 0.481 e. The molecule has 2 rings (SSSR count). The summed E-state index contributed by atoms with van der Waals surface area (Å²) < 4.78 is 1.11. The van der Waals surface area contributed by atoms with Gasteiger partial charge in [0, 0.05) is 9.49 Å². The molecule has 1 aliphatic carbocycles. The molecule has 2 N–H and O–H groups in total. The van der Waals surface area contributed by atoms with Crippen molar-refractivity contribution in [2.24, 2.45) is 17.8 Å². The van der Waals surface area contributed by atoms with Crippen LogP contribution >= 0.6 is 22.6 Å². The summed E-state index contributed by atoms with van der Waals surface area (Å²) in [4.78, 5) is 11.4. The maximum Gasteiger partial charge on any atom is 0.306 e. The predicted molar refractivity (Wildman–Crippen MR) is 81.7 cm³/mol. The van der Waals surface area contributed by atoms with Crippen molar-refractivity contribution in [3.8, 4) is 0 Å². The summed E-state index contributed by atoms with van der Waals surface area (Å²) in [7, 11) is 0. The predicted octanol–water partition coefficient (Wildman–Crippen LogP) is 3.46. The minimum atomic E-state index is -0.773. The first-order chi connectivity index (χ1) is 9.02. The molecule has 1 aliphatic rings. The zero-order valence-electron chi connectivity index (χ0n) is 10.9. The first-order valence-corrected chi connectivity index (χ1v) is 7.77. The van der Waals surface area contributed by atoms with Crippen LogP contribution in [-0.4, -0.2) is 16.2 Å². The number of halogens is 1. The third kappa shape index (κ3) is 3.28. The molecule has 0 saturated heterocycles. The standard InChI is InChI=1S/C15H19IO3/c1-2-9-7-12(13(8-9)15(18)19)14(17)10-3-5-11(16)6-4-10/h3-6,9,12-14,17H,2,7-8H2,1H3,(H,18,19). The smallest absolute Gasteiger partial charge is 0.306 e. The van der Waals surface area contributed by atoms with Crippen molar-refractivity contribution in [2.45, 2.75) is 32.3 Å². The van der Waals surface area contributed by atoms with E-state index in [9.17, 15) is 15.0 Å². The molecule has 0 amide bonds. The lowest BCUT2D eigenvalue weighted by Gasteiger charge is -2.22. The SMILES string of the molecule is CCC1CC(C(=O)O)C(C(O)c2ccc(I)cc2)C1. The molecular formula is C15H19IO3. The Balaban J connectivity index is 2.18. The van der Waals surface area contributed by atoms with E-state index in [0.717, 1.165) is 22.0 Å². The Morgan fingerprint density at radius 3 is 2.53 bits per heavy atom. The maximum atomic E-state index is 11.4. The summed E-state index contributed by atoms with van der Waals surface area (Å²) in [6.07, 6.45) is 1.81. The fourth-order valence-electron chi connectivity index (χ4n) is 3.05. The van der Waals surface area contributed by atoms with Gasteiger partial charge in [-0.15, -0.1) is 0 Å². The fourth-order valence-corrected chi connectivity index (χ4v) is 3.41. The number of benzene rings is 1. The quantitative estimate of drug-likeness (QED) is 0.794. The van der Waals surface area contributed by atoms with Crippen LogP contribution in [0.3, 0.4) is 0 Å². The van der Waals surface area contributed by atoms with Gasteiger partial charge >= 0.3 is 5.97 Å². The Hall–Kier alpha value is -0.620. The van der Waals surface area contributed by atoms with Crippen LogP contribution in [0.15, 0.2) is 24.3 Å². The van der Waals surface area contributed by atoms with Crippen molar-refractivity contribution in [1.82, 2.24) is 0 Å². The number of aliphatic hydroxyl groups excluding tert-OH is 1. The molecular weight excluding hydrogens is 355 g/mol. The van der Waals surface area contributed by atoms with E-state index in [2.05, 4.69) is 29.5 Å². The molecule has 3 nitrogen and oxygen atoms in total. The zero-order valence-corrected chi connectivity index (χ0v) is 13.1. The lowest BCUT2D eigenvalue weighted by atomic mass is 9.87. The van der Waals surface area contributed by atoms with Crippen LogP contribution in [0.1, 0.15) is 37.9 Å². The second kappa shape index (κ2) is 6.22. The molecule has 0 radical (unpaired) electrons. The van der Waals surface area contributed by atoms with Gasteiger partial charge in [-0.1, -0.05) is 25.5 Å². The van der Waals surface area contributed by atoms with E-state index in [4.69, 9.17) is 0 Å². The fraction of sp³-hybridized carbons (Fsp3) is 0.533. The molecule has 4 heteroatoms. The van der Waals surface area contributed by atoms with Crippen molar-refractivity contribution in [3.63, 3.8) is 0 Å². The molecule has 0 spiro atoms. The molecule has 0 aliphatic heterocycles. The van der Waals surface area contributed by atoms with Crippen LogP contribution in [0.25, 0.3) is 0 Å². The van der Waals surface area contributed by atoms with E-state index >= 15 is 0 Å². The van der Waals surface area contributed by atoms with Gasteiger partial charge in [0.05, 0.1) is 12.0 Å². The number of hydrogen-bond donors (Lipinski definition) is 2. The molecule has 1 aromatic carbocycles. The van der Waals surface area contributed by atoms with Gasteiger partial charge < -0.3 is 10.2 Å². The molecule has 4 atom stereocenters. The van der Waals surface area contributed by atoms with Gasteiger partial charge in [0.2, 0.25) is 0 Å². The number of rotatable bonds is 4. The highest BCUT2D eigenvalue weighted by Gasteiger charge is 2.42. The van der Waals surface area contributed by atoms with Crippen LogP contribution in [0.2, 0.25) is 0 Å². The highest BCUT2D eigenvalue weighted by Crippen LogP contribution is 2.44. The summed E-state index contributed by atoms with van der Waals surface area (Å²) in [5, 5.41) is 19.8. The number of carboxylic acid groups (broad SMARTS) is 1. The maximum absolute atomic E-state index is 11.4. The van der Waals surface area contributed by atoms with Crippen LogP contribution in [-0.2, 0) is 4.79 Å². The molecule has 0 heterocycles. The van der Waals surface area contributed by atoms with Gasteiger partial charge in [-0.2, -0.15) is 0 Å². The van der Waals surface area contributed by atoms with E-state index in [1.54, 1.807) is 0 Å². The van der Waals surface area contributed by atoms with Crippen molar-refractivity contribution >= 4 is 28.6 Å². The number of hydrogen-bond acceptors (Lipinski definition) is 2. The van der Waals surface area contributed by atoms with Gasteiger partial charge in [-0.05, 0) is 59.0 Å². The van der Waals surface area contributed by atoms with Gasteiger partial charge in [0.15, 0.2) is 0 Å². The molecule has 19 heavy (non-hydrogen) atoms. The van der Waals surface area contributed by atoms with E-state index in [1.165, 1.54) is 0 Å². The van der Waals surface area contributed by atoms with Gasteiger partial charge in [0.1, 0.15) is 0 Å². The molecule has 0 bridgehead atoms. The van der Waals surface area contributed by atoms with Crippen LogP contribution in [0, 0.1) is 21.3 Å². The third-order valence-corrected chi connectivity index (χ3v) is 4.94. The number of carboxylic acids is 1. The van der Waals surface area contributed by atoms with Crippen molar-refractivity contribution in [2.75, 3.05) is 0 Å². The molecule has 104 valence electrons. The molecule has 1 fully saturated rings. The van der Waals surface area contributed by atoms with Gasteiger partial charge in [0.25, 0.3) is 0 Å². The summed E-state index contributed by atoms with van der Waals surface area (Å²) in [5.74, 6) is -0.933. The summed E-state index contributed by atoms with van der Waals surface area (Å²) in [6.45, 7) is 2.09. The highest BCUT2D eigenvalue weighted by atomic mass is 127. The van der Waals surface area contributed by atoms with Gasteiger partial charge in [-0.25, -0.2) is 0 Å². The van der Waals surface area contributed by atoms with Crippen molar-refractivity contribution < 1.29 is 15.0 Å². The molecule has 1 saturated carbocycles.